The minimum atomic E-state index is -0.527. The van der Waals surface area contributed by atoms with E-state index < -0.39 is 6.03 Å². The molecule has 1 fully saturated rings. The summed E-state index contributed by atoms with van der Waals surface area (Å²) < 4.78 is 0. The fourth-order valence-corrected chi connectivity index (χ4v) is 3.16. The van der Waals surface area contributed by atoms with E-state index in [9.17, 15) is 4.79 Å². The number of benzene rings is 1. The first-order chi connectivity index (χ1) is 10.1. The minimum absolute atomic E-state index is 0.318. The predicted octanol–water partition coefficient (Wildman–Crippen LogP) is 3.80. The van der Waals surface area contributed by atoms with Gasteiger partial charge < -0.3 is 16.4 Å². The number of urea groups is 1. The topological polar surface area (TPSA) is 67.2 Å². The summed E-state index contributed by atoms with van der Waals surface area (Å²) in [5, 5.41) is 6.36. The highest BCUT2D eigenvalue weighted by atomic mass is 16.2. The molecule has 1 saturated carbocycles. The lowest BCUT2D eigenvalue weighted by atomic mass is 9.95. The Kier molecular flexibility index (Phi) is 5.62. The van der Waals surface area contributed by atoms with Crippen LogP contribution < -0.4 is 16.4 Å². The number of anilines is 1. The van der Waals surface area contributed by atoms with E-state index in [1.54, 1.807) is 0 Å². The lowest BCUT2D eigenvalue weighted by Crippen LogP contribution is -2.36. The lowest BCUT2D eigenvalue weighted by Gasteiger charge is -2.27. The van der Waals surface area contributed by atoms with Crippen LogP contribution in [0.3, 0.4) is 0 Å². The molecule has 0 heterocycles. The molecule has 0 spiro atoms. The highest BCUT2D eigenvalue weighted by molar-refractivity contribution is 5.87. The summed E-state index contributed by atoms with van der Waals surface area (Å²) in [6, 6.07) is 8.28. The van der Waals surface area contributed by atoms with Crippen molar-refractivity contribution in [1.29, 1.82) is 0 Å². The van der Waals surface area contributed by atoms with Gasteiger partial charge >= 0.3 is 6.03 Å². The Morgan fingerprint density at radius 3 is 2.52 bits per heavy atom. The third-order valence-electron chi connectivity index (χ3n) is 4.50. The molecule has 4 nitrogen and oxygen atoms in total. The number of amides is 2. The second-order valence-electron chi connectivity index (χ2n) is 6.22. The molecule has 2 rings (SSSR count). The van der Waals surface area contributed by atoms with Gasteiger partial charge in [0.15, 0.2) is 0 Å². The van der Waals surface area contributed by atoms with Crippen molar-refractivity contribution in [2.24, 2.45) is 11.7 Å². The van der Waals surface area contributed by atoms with Crippen LogP contribution in [0.25, 0.3) is 0 Å². The van der Waals surface area contributed by atoms with Gasteiger partial charge in [0.25, 0.3) is 0 Å². The van der Waals surface area contributed by atoms with E-state index in [1.165, 1.54) is 37.7 Å². The Labute approximate surface area is 127 Å². The monoisotopic (exact) mass is 289 g/mol. The fourth-order valence-electron chi connectivity index (χ4n) is 3.16. The van der Waals surface area contributed by atoms with Crippen molar-refractivity contribution in [3.63, 3.8) is 0 Å². The van der Waals surface area contributed by atoms with E-state index >= 15 is 0 Å². The Bertz CT molecular complexity index is 458. The molecule has 4 N–H and O–H groups in total. The van der Waals surface area contributed by atoms with Gasteiger partial charge in [0.1, 0.15) is 0 Å². The maximum absolute atomic E-state index is 10.8. The van der Waals surface area contributed by atoms with Crippen molar-refractivity contribution in [3.05, 3.63) is 29.8 Å². The molecular weight excluding hydrogens is 262 g/mol. The maximum atomic E-state index is 10.8. The first-order valence-electron chi connectivity index (χ1n) is 7.98. The molecule has 3 unspecified atom stereocenters. The van der Waals surface area contributed by atoms with E-state index in [1.807, 2.05) is 24.3 Å². The molecule has 1 aliphatic carbocycles. The average Bonchev–Trinajstić information content (AvgIpc) is 2.64. The van der Waals surface area contributed by atoms with Crippen LogP contribution in [-0.2, 0) is 0 Å². The van der Waals surface area contributed by atoms with Gasteiger partial charge in [-0.05, 0) is 43.4 Å². The number of nitrogens with two attached hydrogens (primary N) is 1. The third kappa shape index (κ3) is 4.74. The standard InChI is InChI=1S/C17H27N3O/c1-12-6-4-3-5-7-16(12)19-13(2)14-8-10-15(11-9-14)20-17(18)21/h8-13,16,19H,3-7H2,1-2H3,(H3,18,20,21). The first-order valence-corrected chi connectivity index (χ1v) is 7.98. The predicted molar refractivity (Wildman–Crippen MR) is 87.2 cm³/mol. The quantitative estimate of drug-likeness (QED) is 0.738. The van der Waals surface area contributed by atoms with Crippen LogP contribution in [0.15, 0.2) is 24.3 Å². The second-order valence-corrected chi connectivity index (χ2v) is 6.22. The molecule has 1 aromatic carbocycles. The van der Waals surface area contributed by atoms with Crippen LogP contribution in [-0.4, -0.2) is 12.1 Å². The smallest absolute Gasteiger partial charge is 0.316 e. The van der Waals surface area contributed by atoms with E-state index in [4.69, 9.17) is 5.73 Å². The molecule has 0 bridgehead atoms. The zero-order chi connectivity index (χ0) is 15.2. The molecule has 0 radical (unpaired) electrons. The summed E-state index contributed by atoms with van der Waals surface area (Å²) in [7, 11) is 0. The van der Waals surface area contributed by atoms with Crippen molar-refractivity contribution in [2.45, 2.75) is 58.0 Å². The Balaban J connectivity index is 1.95. The lowest BCUT2D eigenvalue weighted by molar-refractivity contribution is 0.259. The Morgan fingerprint density at radius 1 is 1.19 bits per heavy atom. The molecule has 0 aromatic heterocycles. The number of hydrogen-bond acceptors (Lipinski definition) is 2. The maximum Gasteiger partial charge on any atom is 0.316 e. The molecule has 1 aliphatic rings. The van der Waals surface area contributed by atoms with E-state index in [-0.39, 0.29) is 0 Å². The van der Waals surface area contributed by atoms with E-state index in [0.29, 0.717) is 12.1 Å². The number of nitrogens with one attached hydrogen (secondary N) is 2. The molecular formula is C17H27N3O. The van der Waals surface area contributed by atoms with Crippen LogP contribution in [0.1, 0.15) is 57.6 Å². The number of hydrogen-bond donors (Lipinski definition) is 3. The Hall–Kier alpha value is -1.55. The number of carbonyl (C=O) groups excluding carboxylic acids is 1. The summed E-state index contributed by atoms with van der Waals surface area (Å²) in [6.45, 7) is 4.56. The summed E-state index contributed by atoms with van der Waals surface area (Å²) in [5.41, 5.74) is 7.09. The van der Waals surface area contributed by atoms with Gasteiger partial charge in [0.05, 0.1) is 0 Å². The van der Waals surface area contributed by atoms with Gasteiger partial charge in [-0.25, -0.2) is 4.79 Å². The van der Waals surface area contributed by atoms with Crippen molar-refractivity contribution in [3.8, 4) is 0 Å². The molecule has 1 aromatic rings. The van der Waals surface area contributed by atoms with Crippen LogP contribution in [0, 0.1) is 5.92 Å². The molecule has 2 amide bonds. The summed E-state index contributed by atoms with van der Waals surface area (Å²) in [4.78, 5) is 10.8. The molecule has 3 atom stereocenters. The van der Waals surface area contributed by atoms with Gasteiger partial charge in [0, 0.05) is 17.8 Å². The highest BCUT2D eigenvalue weighted by Gasteiger charge is 2.21. The van der Waals surface area contributed by atoms with Gasteiger partial charge in [-0.3, -0.25) is 0 Å². The molecule has 116 valence electrons. The molecule has 0 saturated heterocycles. The molecule has 4 heteroatoms. The van der Waals surface area contributed by atoms with Crippen molar-refractivity contribution >= 4 is 11.7 Å². The second kappa shape index (κ2) is 7.46. The largest absolute Gasteiger partial charge is 0.351 e. The number of rotatable bonds is 4. The SMILES string of the molecule is CC(NC1CCCCCC1C)c1ccc(NC(N)=O)cc1. The molecule has 0 aliphatic heterocycles. The zero-order valence-corrected chi connectivity index (χ0v) is 13.1. The zero-order valence-electron chi connectivity index (χ0n) is 13.1. The highest BCUT2D eigenvalue weighted by Crippen LogP contribution is 2.25. The first kappa shape index (κ1) is 15.8. The average molecular weight is 289 g/mol. The summed E-state index contributed by atoms with van der Waals surface area (Å²) in [5.74, 6) is 0.741. The van der Waals surface area contributed by atoms with E-state index in [2.05, 4.69) is 24.5 Å². The van der Waals surface area contributed by atoms with E-state index in [0.717, 1.165) is 11.6 Å². The van der Waals surface area contributed by atoms with Gasteiger partial charge in [-0.2, -0.15) is 0 Å². The summed E-state index contributed by atoms with van der Waals surface area (Å²) in [6.07, 6.45) is 6.65. The summed E-state index contributed by atoms with van der Waals surface area (Å²) >= 11 is 0. The van der Waals surface area contributed by atoms with Crippen LogP contribution in [0.2, 0.25) is 0 Å². The fraction of sp³-hybridized carbons (Fsp3) is 0.588. The van der Waals surface area contributed by atoms with Gasteiger partial charge in [-0.15, -0.1) is 0 Å². The van der Waals surface area contributed by atoms with Crippen LogP contribution in [0.4, 0.5) is 10.5 Å². The molecule has 21 heavy (non-hydrogen) atoms. The van der Waals surface area contributed by atoms with Crippen molar-refractivity contribution in [2.75, 3.05) is 5.32 Å². The number of carbonyl (C=O) groups is 1. The van der Waals surface area contributed by atoms with Crippen LogP contribution in [0.5, 0.6) is 0 Å². The van der Waals surface area contributed by atoms with Gasteiger partial charge in [-0.1, -0.05) is 38.3 Å². The van der Waals surface area contributed by atoms with Crippen LogP contribution >= 0.6 is 0 Å². The van der Waals surface area contributed by atoms with Crippen molar-refractivity contribution in [1.82, 2.24) is 5.32 Å². The van der Waals surface area contributed by atoms with Gasteiger partial charge in [0.2, 0.25) is 0 Å². The normalized spacial score (nSPS) is 24.1. The number of primary amides is 1. The minimum Gasteiger partial charge on any atom is -0.351 e. The Morgan fingerprint density at radius 2 is 1.86 bits per heavy atom. The van der Waals surface area contributed by atoms with Crippen molar-refractivity contribution < 1.29 is 4.79 Å². The third-order valence-corrected chi connectivity index (χ3v) is 4.50.